The second-order valence-electron chi connectivity index (χ2n) is 3.08. The summed E-state index contributed by atoms with van der Waals surface area (Å²) in [6.07, 6.45) is -2.30. The fourth-order valence-electron chi connectivity index (χ4n) is 1.25. The van der Waals surface area contributed by atoms with Gasteiger partial charge in [0.1, 0.15) is 5.69 Å². The third-order valence-corrected chi connectivity index (χ3v) is 2.41. The minimum atomic E-state index is -4.53. The van der Waals surface area contributed by atoms with Crippen molar-refractivity contribution in [1.82, 2.24) is 14.8 Å². The van der Waals surface area contributed by atoms with E-state index in [4.69, 9.17) is 23.2 Å². The number of alkyl halides is 3. The highest BCUT2D eigenvalue weighted by Gasteiger charge is 2.35. The molecule has 8 heteroatoms. The van der Waals surface area contributed by atoms with Crippen molar-refractivity contribution in [2.75, 3.05) is 0 Å². The Morgan fingerprint density at radius 1 is 1.24 bits per heavy atom. The minimum Gasteiger partial charge on any atom is -0.234 e. The predicted octanol–water partition coefficient (Wildman–Crippen LogP) is 3.59. The number of aromatic nitrogens is 3. The summed E-state index contributed by atoms with van der Waals surface area (Å²) in [4.78, 5) is 3.73. The molecule has 2 aromatic heterocycles. The van der Waals surface area contributed by atoms with E-state index >= 15 is 0 Å². The lowest BCUT2D eigenvalue weighted by molar-refractivity contribution is -0.142. The van der Waals surface area contributed by atoms with Gasteiger partial charge in [-0.1, -0.05) is 23.2 Å². The molecule has 0 saturated carbocycles. The molecule has 17 heavy (non-hydrogen) atoms. The Morgan fingerprint density at radius 3 is 2.53 bits per heavy atom. The SMILES string of the molecule is FC(F)(F)c1ccnn1-c1ncc(Cl)cc1Cl. The van der Waals surface area contributed by atoms with Crippen molar-refractivity contribution >= 4 is 23.2 Å². The van der Waals surface area contributed by atoms with Gasteiger partial charge in [-0.2, -0.15) is 18.3 Å². The highest BCUT2D eigenvalue weighted by molar-refractivity contribution is 6.35. The Bertz CT molecular complexity index is 551. The molecule has 2 rings (SSSR count). The maximum atomic E-state index is 12.6. The summed E-state index contributed by atoms with van der Waals surface area (Å²) in [6, 6.07) is 2.14. The lowest BCUT2D eigenvalue weighted by Crippen LogP contribution is -2.14. The van der Waals surface area contributed by atoms with Gasteiger partial charge in [0.05, 0.1) is 16.2 Å². The van der Waals surface area contributed by atoms with Crippen LogP contribution in [0.3, 0.4) is 0 Å². The molecule has 0 aliphatic rings. The van der Waals surface area contributed by atoms with Crippen molar-refractivity contribution in [3.63, 3.8) is 0 Å². The summed E-state index contributed by atoms with van der Waals surface area (Å²) in [6.45, 7) is 0. The fraction of sp³-hybridized carbons (Fsp3) is 0.111. The zero-order valence-corrected chi connectivity index (χ0v) is 9.55. The van der Waals surface area contributed by atoms with Gasteiger partial charge in [-0.3, -0.25) is 0 Å². The van der Waals surface area contributed by atoms with Crippen LogP contribution in [0.15, 0.2) is 24.5 Å². The summed E-state index contributed by atoms with van der Waals surface area (Å²) in [7, 11) is 0. The molecule has 0 amide bonds. The van der Waals surface area contributed by atoms with E-state index in [9.17, 15) is 13.2 Å². The normalized spacial score (nSPS) is 11.8. The maximum Gasteiger partial charge on any atom is 0.433 e. The molecular weight excluding hydrogens is 278 g/mol. The van der Waals surface area contributed by atoms with Crippen molar-refractivity contribution in [3.8, 4) is 5.82 Å². The van der Waals surface area contributed by atoms with Crippen LogP contribution < -0.4 is 0 Å². The zero-order valence-electron chi connectivity index (χ0n) is 8.04. The highest BCUT2D eigenvalue weighted by Crippen LogP contribution is 2.32. The summed E-state index contributed by atoms with van der Waals surface area (Å²) in [5, 5.41) is 3.78. The third kappa shape index (κ3) is 2.37. The van der Waals surface area contributed by atoms with Crippen LogP contribution in [0.2, 0.25) is 10.0 Å². The van der Waals surface area contributed by atoms with Crippen LogP contribution in [0, 0.1) is 0 Å². The van der Waals surface area contributed by atoms with Crippen LogP contribution in [-0.4, -0.2) is 14.8 Å². The van der Waals surface area contributed by atoms with Gasteiger partial charge >= 0.3 is 6.18 Å². The van der Waals surface area contributed by atoms with Gasteiger partial charge in [0.15, 0.2) is 5.82 Å². The van der Waals surface area contributed by atoms with Gasteiger partial charge in [0.25, 0.3) is 0 Å². The third-order valence-electron chi connectivity index (χ3n) is 1.92. The number of halogens is 5. The molecule has 0 bridgehead atoms. The largest absolute Gasteiger partial charge is 0.433 e. The van der Waals surface area contributed by atoms with Crippen LogP contribution in [0.4, 0.5) is 13.2 Å². The van der Waals surface area contributed by atoms with E-state index in [1.54, 1.807) is 0 Å². The summed E-state index contributed by atoms with van der Waals surface area (Å²) >= 11 is 11.4. The van der Waals surface area contributed by atoms with Crippen LogP contribution in [0.25, 0.3) is 5.82 Å². The van der Waals surface area contributed by atoms with Crippen molar-refractivity contribution < 1.29 is 13.2 Å². The fourth-order valence-corrected chi connectivity index (χ4v) is 1.71. The van der Waals surface area contributed by atoms with Gasteiger partial charge in [0, 0.05) is 6.20 Å². The minimum absolute atomic E-state index is 0.00769. The van der Waals surface area contributed by atoms with E-state index in [0.29, 0.717) is 4.68 Å². The number of pyridine rings is 1. The lowest BCUT2D eigenvalue weighted by atomic mass is 10.4. The van der Waals surface area contributed by atoms with Crippen LogP contribution in [0.5, 0.6) is 0 Å². The molecular formula is C9H4Cl2F3N3. The topological polar surface area (TPSA) is 30.7 Å². The second-order valence-corrected chi connectivity index (χ2v) is 3.93. The van der Waals surface area contributed by atoms with Crippen molar-refractivity contribution in [2.45, 2.75) is 6.18 Å². The van der Waals surface area contributed by atoms with Gasteiger partial charge < -0.3 is 0 Å². The molecule has 0 aliphatic carbocycles. The van der Waals surface area contributed by atoms with Crippen LogP contribution in [0.1, 0.15) is 5.69 Å². The van der Waals surface area contributed by atoms with E-state index < -0.39 is 11.9 Å². The molecule has 0 unspecified atom stereocenters. The van der Waals surface area contributed by atoms with Crippen molar-refractivity contribution in [3.05, 3.63) is 40.3 Å². The summed E-state index contributed by atoms with van der Waals surface area (Å²) < 4.78 is 38.5. The van der Waals surface area contributed by atoms with Crippen molar-refractivity contribution in [2.24, 2.45) is 0 Å². The monoisotopic (exact) mass is 281 g/mol. The molecule has 0 aliphatic heterocycles. The number of hydrogen-bond donors (Lipinski definition) is 0. The van der Waals surface area contributed by atoms with Crippen LogP contribution in [-0.2, 0) is 6.18 Å². The Balaban J connectivity index is 2.58. The van der Waals surface area contributed by atoms with E-state index in [0.717, 1.165) is 12.3 Å². The van der Waals surface area contributed by atoms with E-state index in [1.807, 2.05) is 0 Å². The van der Waals surface area contributed by atoms with Crippen molar-refractivity contribution in [1.29, 1.82) is 0 Å². The first kappa shape index (κ1) is 12.2. The second kappa shape index (κ2) is 4.19. The molecule has 0 radical (unpaired) electrons. The first-order valence-electron chi connectivity index (χ1n) is 4.32. The first-order valence-corrected chi connectivity index (χ1v) is 5.08. The van der Waals surface area contributed by atoms with Crippen LogP contribution >= 0.6 is 23.2 Å². The standard InChI is InChI=1S/C9H4Cl2F3N3/c10-5-3-6(11)8(15-4-5)17-7(1-2-16-17)9(12,13)14/h1-4H. The Morgan fingerprint density at radius 2 is 1.94 bits per heavy atom. The Hall–Kier alpha value is -1.27. The quantitative estimate of drug-likeness (QED) is 0.800. The molecule has 0 spiro atoms. The Labute approximate surface area is 104 Å². The predicted molar refractivity (Wildman–Crippen MR) is 56.4 cm³/mol. The number of hydrogen-bond acceptors (Lipinski definition) is 2. The molecule has 2 aromatic rings. The Kier molecular flexibility index (Phi) is 3.01. The van der Waals surface area contributed by atoms with Gasteiger partial charge in [0.2, 0.25) is 0 Å². The molecule has 0 saturated heterocycles. The summed E-state index contributed by atoms with van der Waals surface area (Å²) in [5.74, 6) is -0.117. The molecule has 2 heterocycles. The van der Waals surface area contributed by atoms with E-state index in [1.165, 1.54) is 12.3 Å². The molecule has 3 nitrogen and oxygen atoms in total. The molecule has 0 atom stereocenters. The maximum absolute atomic E-state index is 12.6. The number of nitrogens with zero attached hydrogens (tertiary/aromatic N) is 3. The zero-order chi connectivity index (χ0) is 12.6. The van der Waals surface area contributed by atoms with Gasteiger partial charge in [-0.25, -0.2) is 9.67 Å². The molecule has 0 aromatic carbocycles. The lowest BCUT2D eigenvalue weighted by Gasteiger charge is -2.10. The molecule has 0 fully saturated rings. The highest BCUT2D eigenvalue weighted by atomic mass is 35.5. The number of rotatable bonds is 1. The molecule has 0 N–H and O–H groups in total. The average Bonchev–Trinajstić information content (AvgIpc) is 2.65. The summed E-state index contributed by atoms with van der Waals surface area (Å²) in [5.41, 5.74) is -0.950. The van der Waals surface area contributed by atoms with E-state index in [-0.39, 0.29) is 15.9 Å². The first-order chi connectivity index (χ1) is 7.89. The average molecular weight is 282 g/mol. The molecule has 90 valence electrons. The van der Waals surface area contributed by atoms with Gasteiger partial charge in [-0.05, 0) is 12.1 Å². The van der Waals surface area contributed by atoms with Gasteiger partial charge in [-0.15, -0.1) is 0 Å². The van der Waals surface area contributed by atoms with E-state index in [2.05, 4.69) is 10.1 Å². The smallest absolute Gasteiger partial charge is 0.234 e.